The highest BCUT2D eigenvalue weighted by atomic mass is 32.1. The standard InChI is InChI=1S/C5H7NOS.C5H5NOS.C2H4O/c2*1-4(7)5-6-2-3-8-5;1-2-3/h2-4,7H,1H3;2-3H,1H3;2H,1H3. The molecule has 0 aliphatic rings. The Morgan fingerprint density at radius 1 is 1.32 bits per heavy atom. The minimum Gasteiger partial charge on any atom is -0.386 e. The number of rotatable bonds is 2. The summed E-state index contributed by atoms with van der Waals surface area (Å²) in [5.74, 6) is 0.0417. The molecule has 2 aromatic rings. The van der Waals surface area contributed by atoms with Crippen LogP contribution in [-0.4, -0.2) is 27.1 Å². The molecule has 2 heterocycles. The maximum absolute atomic E-state index is 10.5. The van der Waals surface area contributed by atoms with Crippen LogP contribution in [0.2, 0.25) is 0 Å². The Morgan fingerprint density at radius 3 is 2.05 bits per heavy atom. The average molecular weight is 300 g/mol. The molecule has 0 bridgehead atoms. The van der Waals surface area contributed by atoms with Gasteiger partial charge in [-0.15, -0.1) is 22.7 Å². The minimum atomic E-state index is -0.407. The van der Waals surface area contributed by atoms with Crippen LogP contribution in [0, 0.1) is 0 Å². The second-order valence-electron chi connectivity index (χ2n) is 3.18. The molecule has 0 aliphatic carbocycles. The van der Waals surface area contributed by atoms with Crippen LogP contribution in [0.3, 0.4) is 0 Å². The van der Waals surface area contributed by atoms with Gasteiger partial charge in [-0.05, 0) is 13.8 Å². The molecule has 0 saturated carbocycles. The van der Waals surface area contributed by atoms with Gasteiger partial charge in [-0.2, -0.15) is 0 Å². The van der Waals surface area contributed by atoms with Crippen LogP contribution in [0.15, 0.2) is 23.2 Å². The Bertz CT molecular complexity index is 453. The van der Waals surface area contributed by atoms with Crippen molar-refractivity contribution in [3.8, 4) is 0 Å². The number of hydrogen-bond acceptors (Lipinski definition) is 7. The first-order valence-electron chi connectivity index (χ1n) is 5.40. The van der Waals surface area contributed by atoms with E-state index in [0.717, 1.165) is 11.3 Å². The van der Waals surface area contributed by atoms with Gasteiger partial charge >= 0.3 is 0 Å². The van der Waals surface area contributed by atoms with E-state index in [2.05, 4.69) is 9.97 Å². The van der Waals surface area contributed by atoms with E-state index in [4.69, 9.17) is 9.90 Å². The number of carbonyl (C=O) groups is 2. The molecule has 0 saturated heterocycles. The topological polar surface area (TPSA) is 80.2 Å². The van der Waals surface area contributed by atoms with E-state index in [1.54, 1.807) is 24.7 Å². The summed E-state index contributed by atoms with van der Waals surface area (Å²) in [5, 5.41) is 13.9. The second-order valence-corrected chi connectivity index (χ2v) is 5.00. The molecular formula is C12H16N2O3S2. The highest BCUT2D eigenvalue weighted by Gasteiger charge is 1.99. The smallest absolute Gasteiger partial charge is 0.188 e. The SMILES string of the molecule is CC(=O)c1nccs1.CC(O)c1nccs1.CC=O. The van der Waals surface area contributed by atoms with E-state index < -0.39 is 6.10 Å². The number of aromatic nitrogens is 2. The number of nitrogens with zero attached hydrogens (tertiary/aromatic N) is 2. The van der Waals surface area contributed by atoms with Crippen LogP contribution in [0.4, 0.5) is 0 Å². The molecule has 0 aromatic carbocycles. The molecule has 104 valence electrons. The molecule has 1 atom stereocenters. The summed E-state index contributed by atoms with van der Waals surface area (Å²) < 4.78 is 0. The number of aliphatic hydroxyl groups is 1. The van der Waals surface area contributed by atoms with Crippen molar-refractivity contribution < 1.29 is 14.7 Å². The van der Waals surface area contributed by atoms with E-state index >= 15 is 0 Å². The number of thiazole rings is 2. The van der Waals surface area contributed by atoms with Crippen molar-refractivity contribution in [1.82, 2.24) is 9.97 Å². The van der Waals surface area contributed by atoms with Crippen LogP contribution in [-0.2, 0) is 4.79 Å². The number of aliphatic hydroxyl groups excluding tert-OH is 1. The first-order valence-corrected chi connectivity index (χ1v) is 7.16. The van der Waals surface area contributed by atoms with Gasteiger partial charge in [0.05, 0.1) is 0 Å². The normalized spacial score (nSPS) is 10.3. The lowest BCUT2D eigenvalue weighted by atomic mass is 10.4. The Balaban J connectivity index is 0.000000284. The molecule has 0 aliphatic heterocycles. The average Bonchev–Trinajstić information content (AvgIpc) is 3.05. The first kappa shape index (κ1) is 17.6. The predicted molar refractivity (Wildman–Crippen MR) is 76.6 cm³/mol. The van der Waals surface area contributed by atoms with Crippen LogP contribution in [0.25, 0.3) is 0 Å². The summed E-state index contributed by atoms with van der Waals surface area (Å²) in [6, 6.07) is 0. The third-order valence-corrected chi connectivity index (χ3v) is 3.36. The zero-order chi connectivity index (χ0) is 14.7. The van der Waals surface area contributed by atoms with Crippen LogP contribution >= 0.6 is 22.7 Å². The number of ketones is 1. The fourth-order valence-corrected chi connectivity index (χ4v) is 1.96. The van der Waals surface area contributed by atoms with E-state index in [-0.39, 0.29) is 5.78 Å². The molecule has 19 heavy (non-hydrogen) atoms. The van der Waals surface area contributed by atoms with Gasteiger partial charge < -0.3 is 9.90 Å². The lowest BCUT2D eigenvalue weighted by Gasteiger charge is -1.93. The monoisotopic (exact) mass is 300 g/mol. The van der Waals surface area contributed by atoms with E-state index in [9.17, 15) is 4.79 Å². The van der Waals surface area contributed by atoms with Crippen molar-refractivity contribution in [2.75, 3.05) is 0 Å². The van der Waals surface area contributed by atoms with Crippen molar-refractivity contribution in [1.29, 1.82) is 0 Å². The van der Waals surface area contributed by atoms with Gasteiger partial charge in [0.2, 0.25) is 0 Å². The predicted octanol–water partition coefficient (Wildman–Crippen LogP) is 2.75. The van der Waals surface area contributed by atoms with E-state index in [1.165, 1.54) is 36.5 Å². The minimum absolute atomic E-state index is 0.0417. The Labute approximate surface area is 120 Å². The highest BCUT2D eigenvalue weighted by Crippen LogP contribution is 2.12. The number of hydrogen-bond donors (Lipinski definition) is 1. The number of carbonyl (C=O) groups excluding carboxylic acids is 2. The largest absolute Gasteiger partial charge is 0.386 e. The molecule has 5 nitrogen and oxygen atoms in total. The zero-order valence-corrected chi connectivity index (χ0v) is 12.6. The fraction of sp³-hybridized carbons (Fsp3) is 0.333. The molecule has 0 radical (unpaired) electrons. The first-order chi connectivity index (χ1) is 9.02. The molecular weight excluding hydrogens is 284 g/mol. The summed E-state index contributed by atoms with van der Waals surface area (Å²) in [7, 11) is 0. The van der Waals surface area contributed by atoms with Crippen molar-refractivity contribution >= 4 is 34.7 Å². The summed E-state index contributed by atoms with van der Waals surface area (Å²) in [6.07, 6.45) is 3.66. The van der Waals surface area contributed by atoms with Gasteiger partial charge in [-0.25, -0.2) is 9.97 Å². The molecule has 0 fully saturated rings. The van der Waals surface area contributed by atoms with Gasteiger partial charge in [-0.3, -0.25) is 4.79 Å². The van der Waals surface area contributed by atoms with Crippen molar-refractivity contribution in [3.63, 3.8) is 0 Å². The number of aldehydes is 1. The lowest BCUT2D eigenvalue weighted by Crippen LogP contribution is -1.87. The molecule has 7 heteroatoms. The Kier molecular flexibility index (Phi) is 9.69. The molecule has 2 rings (SSSR count). The summed E-state index contributed by atoms with van der Waals surface area (Å²) in [5.41, 5.74) is 0. The van der Waals surface area contributed by atoms with E-state index in [1.807, 2.05) is 5.38 Å². The molecule has 1 unspecified atom stereocenters. The maximum Gasteiger partial charge on any atom is 0.188 e. The Hall–Kier alpha value is -1.44. The highest BCUT2D eigenvalue weighted by molar-refractivity contribution is 7.11. The van der Waals surface area contributed by atoms with Crippen LogP contribution in [0.1, 0.15) is 41.7 Å². The summed E-state index contributed by atoms with van der Waals surface area (Å²) in [4.78, 5) is 26.9. The van der Waals surface area contributed by atoms with Gasteiger partial charge in [0.1, 0.15) is 17.4 Å². The molecule has 1 N–H and O–H groups in total. The lowest BCUT2D eigenvalue weighted by molar-refractivity contribution is -0.106. The van der Waals surface area contributed by atoms with Gasteiger partial charge in [0.15, 0.2) is 10.8 Å². The van der Waals surface area contributed by atoms with Gasteiger partial charge in [0, 0.05) is 30.1 Å². The van der Waals surface area contributed by atoms with Crippen LogP contribution in [0.5, 0.6) is 0 Å². The maximum atomic E-state index is 10.5. The third-order valence-electron chi connectivity index (χ3n) is 1.54. The van der Waals surface area contributed by atoms with Gasteiger partial charge in [0.25, 0.3) is 0 Å². The van der Waals surface area contributed by atoms with E-state index in [0.29, 0.717) is 5.01 Å². The quantitative estimate of drug-likeness (QED) is 0.681. The zero-order valence-electron chi connectivity index (χ0n) is 10.9. The second kappa shape index (κ2) is 10.5. The summed E-state index contributed by atoms with van der Waals surface area (Å²) >= 11 is 2.84. The van der Waals surface area contributed by atoms with Crippen molar-refractivity contribution in [2.24, 2.45) is 0 Å². The molecule has 0 spiro atoms. The van der Waals surface area contributed by atoms with Crippen molar-refractivity contribution in [3.05, 3.63) is 33.2 Å². The number of Topliss-reactive ketones (excluding diaryl/α,β-unsaturated/α-hetero) is 1. The van der Waals surface area contributed by atoms with Crippen LogP contribution < -0.4 is 0 Å². The molecule has 0 amide bonds. The summed E-state index contributed by atoms with van der Waals surface area (Å²) in [6.45, 7) is 4.66. The fourth-order valence-electron chi connectivity index (χ4n) is 0.838. The molecule has 2 aromatic heterocycles. The van der Waals surface area contributed by atoms with Crippen molar-refractivity contribution in [2.45, 2.75) is 26.9 Å². The third kappa shape index (κ3) is 8.30. The van der Waals surface area contributed by atoms with Gasteiger partial charge in [-0.1, -0.05) is 0 Å². The Morgan fingerprint density at radius 2 is 1.84 bits per heavy atom.